The van der Waals surface area contributed by atoms with E-state index in [0.717, 1.165) is 12.8 Å². The molecular formula is C15H19NO4. The third-order valence-electron chi connectivity index (χ3n) is 3.69. The first-order valence-electron chi connectivity index (χ1n) is 6.74. The van der Waals surface area contributed by atoms with Crippen LogP contribution in [0.25, 0.3) is 0 Å². The van der Waals surface area contributed by atoms with E-state index in [-0.39, 0.29) is 17.0 Å². The number of piperidine rings is 1. The molecular weight excluding hydrogens is 258 g/mol. The van der Waals surface area contributed by atoms with Gasteiger partial charge in [-0.15, -0.1) is 0 Å². The molecule has 0 saturated carbocycles. The highest BCUT2D eigenvalue weighted by atomic mass is 16.5. The summed E-state index contributed by atoms with van der Waals surface area (Å²) in [5.41, 5.74) is 0.335. The van der Waals surface area contributed by atoms with Crippen molar-refractivity contribution >= 4 is 11.9 Å². The zero-order valence-corrected chi connectivity index (χ0v) is 11.5. The molecule has 0 aliphatic carbocycles. The van der Waals surface area contributed by atoms with Crippen molar-refractivity contribution in [3.63, 3.8) is 0 Å². The summed E-state index contributed by atoms with van der Waals surface area (Å²) in [7, 11) is 1.68. The number of carboxylic acids is 1. The van der Waals surface area contributed by atoms with Gasteiger partial charge in [-0.3, -0.25) is 4.79 Å². The van der Waals surface area contributed by atoms with Crippen molar-refractivity contribution in [3.05, 3.63) is 35.4 Å². The van der Waals surface area contributed by atoms with Crippen LogP contribution in [0.3, 0.4) is 0 Å². The molecule has 0 spiro atoms. The molecule has 1 aromatic carbocycles. The smallest absolute Gasteiger partial charge is 0.336 e. The lowest BCUT2D eigenvalue weighted by molar-refractivity contribution is 0.0598. The Balaban J connectivity index is 2.08. The predicted molar refractivity (Wildman–Crippen MR) is 73.9 cm³/mol. The van der Waals surface area contributed by atoms with E-state index in [1.807, 2.05) is 0 Å². The average molecular weight is 277 g/mol. The van der Waals surface area contributed by atoms with Gasteiger partial charge in [0.1, 0.15) is 0 Å². The summed E-state index contributed by atoms with van der Waals surface area (Å²) in [6, 6.07) is 6.36. The number of rotatable bonds is 4. The molecule has 1 saturated heterocycles. The number of benzene rings is 1. The van der Waals surface area contributed by atoms with Crippen LogP contribution in [0, 0.1) is 5.92 Å². The molecule has 1 aliphatic heterocycles. The fraction of sp³-hybridized carbons (Fsp3) is 0.467. The summed E-state index contributed by atoms with van der Waals surface area (Å²) in [6.45, 7) is 2.02. The number of hydrogen-bond acceptors (Lipinski definition) is 3. The van der Waals surface area contributed by atoms with Gasteiger partial charge < -0.3 is 14.7 Å². The molecule has 0 atom stereocenters. The van der Waals surface area contributed by atoms with E-state index in [1.54, 1.807) is 30.2 Å². The van der Waals surface area contributed by atoms with E-state index in [9.17, 15) is 9.59 Å². The van der Waals surface area contributed by atoms with Gasteiger partial charge in [0.2, 0.25) is 0 Å². The van der Waals surface area contributed by atoms with Crippen LogP contribution in [0.2, 0.25) is 0 Å². The number of hydrogen-bond donors (Lipinski definition) is 1. The van der Waals surface area contributed by atoms with Gasteiger partial charge in [0.15, 0.2) is 0 Å². The van der Waals surface area contributed by atoms with Gasteiger partial charge in [-0.25, -0.2) is 4.79 Å². The molecule has 1 fully saturated rings. The number of carbonyl (C=O) groups excluding carboxylic acids is 1. The van der Waals surface area contributed by atoms with Crippen molar-refractivity contribution in [2.45, 2.75) is 12.8 Å². The minimum absolute atomic E-state index is 0.0662. The Labute approximate surface area is 118 Å². The summed E-state index contributed by atoms with van der Waals surface area (Å²) in [4.78, 5) is 25.3. The fourth-order valence-electron chi connectivity index (χ4n) is 2.56. The van der Waals surface area contributed by atoms with Crippen molar-refractivity contribution in [2.24, 2.45) is 5.92 Å². The van der Waals surface area contributed by atoms with Crippen LogP contribution in [0.4, 0.5) is 0 Å². The van der Waals surface area contributed by atoms with Crippen LogP contribution in [-0.2, 0) is 4.74 Å². The number of aromatic carboxylic acids is 1. The summed E-state index contributed by atoms with van der Waals surface area (Å²) in [5, 5.41) is 9.14. The minimum atomic E-state index is -1.07. The molecule has 0 radical (unpaired) electrons. The second-order valence-electron chi connectivity index (χ2n) is 5.04. The molecule has 1 aliphatic rings. The van der Waals surface area contributed by atoms with Gasteiger partial charge in [0.25, 0.3) is 5.91 Å². The number of methoxy groups -OCH3 is 1. The highest BCUT2D eigenvalue weighted by molar-refractivity contribution is 6.04. The molecule has 1 aromatic rings. The van der Waals surface area contributed by atoms with E-state index >= 15 is 0 Å². The zero-order chi connectivity index (χ0) is 14.5. The second-order valence-corrected chi connectivity index (χ2v) is 5.04. The molecule has 20 heavy (non-hydrogen) atoms. The number of likely N-dealkylation sites (tertiary alicyclic amines) is 1. The van der Waals surface area contributed by atoms with Crippen LogP contribution in [0.15, 0.2) is 24.3 Å². The third kappa shape index (κ3) is 3.17. The van der Waals surface area contributed by atoms with Crippen LogP contribution >= 0.6 is 0 Å². The Morgan fingerprint density at radius 1 is 1.25 bits per heavy atom. The molecule has 1 heterocycles. The number of amides is 1. The van der Waals surface area contributed by atoms with E-state index in [1.165, 1.54) is 6.07 Å². The molecule has 5 nitrogen and oxygen atoms in total. The van der Waals surface area contributed by atoms with Gasteiger partial charge in [-0.05, 0) is 30.9 Å². The van der Waals surface area contributed by atoms with Crippen LogP contribution in [-0.4, -0.2) is 48.7 Å². The molecule has 0 bridgehead atoms. The Morgan fingerprint density at radius 3 is 2.40 bits per heavy atom. The average Bonchev–Trinajstić information content (AvgIpc) is 2.47. The van der Waals surface area contributed by atoms with Crippen LogP contribution in [0.1, 0.15) is 33.6 Å². The van der Waals surface area contributed by atoms with Crippen LogP contribution in [0.5, 0.6) is 0 Å². The van der Waals surface area contributed by atoms with Gasteiger partial charge in [0.05, 0.1) is 11.1 Å². The number of carbonyl (C=O) groups is 2. The van der Waals surface area contributed by atoms with Gasteiger partial charge >= 0.3 is 5.97 Å². The highest BCUT2D eigenvalue weighted by Crippen LogP contribution is 2.20. The Bertz CT molecular complexity index is 492. The monoisotopic (exact) mass is 277 g/mol. The summed E-state index contributed by atoms with van der Waals surface area (Å²) < 4.78 is 5.13. The Hall–Kier alpha value is -1.88. The Kier molecular flexibility index (Phi) is 4.74. The fourth-order valence-corrected chi connectivity index (χ4v) is 2.56. The maximum atomic E-state index is 12.4. The van der Waals surface area contributed by atoms with E-state index in [4.69, 9.17) is 9.84 Å². The largest absolute Gasteiger partial charge is 0.478 e. The van der Waals surface area contributed by atoms with Crippen molar-refractivity contribution in [1.82, 2.24) is 4.90 Å². The topological polar surface area (TPSA) is 66.8 Å². The third-order valence-corrected chi connectivity index (χ3v) is 3.69. The molecule has 1 N–H and O–H groups in total. The standard InChI is InChI=1S/C15H19NO4/c1-20-10-11-6-8-16(9-7-11)14(17)12-4-2-3-5-13(12)15(18)19/h2-5,11H,6-10H2,1H3,(H,18,19). The van der Waals surface area contributed by atoms with Crippen molar-refractivity contribution in [3.8, 4) is 0 Å². The van der Waals surface area contributed by atoms with Crippen molar-refractivity contribution in [2.75, 3.05) is 26.8 Å². The summed E-state index contributed by atoms with van der Waals surface area (Å²) >= 11 is 0. The molecule has 108 valence electrons. The normalized spacial score (nSPS) is 16.1. The minimum Gasteiger partial charge on any atom is -0.478 e. The maximum absolute atomic E-state index is 12.4. The lowest BCUT2D eigenvalue weighted by atomic mass is 9.96. The molecule has 2 rings (SSSR count). The quantitative estimate of drug-likeness (QED) is 0.912. The second kappa shape index (κ2) is 6.52. The molecule has 0 unspecified atom stereocenters. The van der Waals surface area contributed by atoms with Gasteiger partial charge in [0, 0.05) is 26.8 Å². The van der Waals surface area contributed by atoms with Crippen molar-refractivity contribution < 1.29 is 19.4 Å². The lowest BCUT2D eigenvalue weighted by Crippen LogP contribution is -2.39. The summed E-state index contributed by atoms with van der Waals surface area (Å²) in [5.74, 6) is -0.777. The number of nitrogens with zero attached hydrogens (tertiary/aromatic N) is 1. The molecule has 1 amide bonds. The lowest BCUT2D eigenvalue weighted by Gasteiger charge is -2.32. The number of carboxylic acid groups (broad SMARTS) is 1. The Morgan fingerprint density at radius 2 is 1.85 bits per heavy atom. The van der Waals surface area contributed by atoms with Gasteiger partial charge in [-0.1, -0.05) is 12.1 Å². The first-order chi connectivity index (χ1) is 9.63. The van der Waals surface area contributed by atoms with Gasteiger partial charge in [-0.2, -0.15) is 0 Å². The molecule has 5 heteroatoms. The first-order valence-corrected chi connectivity index (χ1v) is 6.74. The SMILES string of the molecule is COCC1CCN(C(=O)c2ccccc2C(=O)O)CC1. The first kappa shape index (κ1) is 14.5. The zero-order valence-electron chi connectivity index (χ0n) is 11.5. The maximum Gasteiger partial charge on any atom is 0.336 e. The van der Waals surface area contributed by atoms with E-state index in [0.29, 0.717) is 25.6 Å². The molecule has 0 aromatic heterocycles. The van der Waals surface area contributed by atoms with E-state index in [2.05, 4.69) is 0 Å². The predicted octanol–water partition coefficient (Wildman–Crippen LogP) is 1.88. The van der Waals surface area contributed by atoms with Crippen molar-refractivity contribution in [1.29, 1.82) is 0 Å². The number of ether oxygens (including phenoxy) is 1. The van der Waals surface area contributed by atoms with Crippen LogP contribution < -0.4 is 0 Å². The van der Waals surface area contributed by atoms with E-state index < -0.39 is 5.97 Å². The summed E-state index contributed by atoms with van der Waals surface area (Å²) in [6.07, 6.45) is 1.80. The highest BCUT2D eigenvalue weighted by Gasteiger charge is 2.26.